The molecule has 0 N–H and O–H groups in total. The van der Waals surface area contributed by atoms with E-state index in [1.54, 1.807) is 24.3 Å². The molecule has 0 aliphatic carbocycles. The van der Waals surface area contributed by atoms with Gasteiger partial charge in [0.1, 0.15) is 30.3 Å². The van der Waals surface area contributed by atoms with E-state index < -0.39 is 18.0 Å². The topological polar surface area (TPSA) is 71.1 Å². The SMILES string of the molecule is O=C(O[C@H]1CCOC1=O)c1ccccc1OCCOc1ccccc1. The van der Waals surface area contributed by atoms with Crippen molar-refractivity contribution in [2.24, 2.45) is 0 Å². The van der Waals surface area contributed by atoms with Crippen molar-refractivity contribution in [3.8, 4) is 11.5 Å². The van der Waals surface area contributed by atoms with E-state index in [0.29, 0.717) is 18.8 Å². The van der Waals surface area contributed by atoms with Gasteiger partial charge in [-0.25, -0.2) is 9.59 Å². The number of rotatable bonds is 7. The lowest BCUT2D eigenvalue weighted by atomic mass is 10.2. The molecule has 2 aromatic rings. The molecule has 6 nitrogen and oxygen atoms in total. The first-order valence-corrected chi connectivity index (χ1v) is 8.01. The van der Waals surface area contributed by atoms with Crippen molar-refractivity contribution in [2.75, 3.05) is 19.8 Å². The zero-order valence-corrected chi connectivity index (χ0v) is 13.6. The maximum absolute atomic E-state index is 12.3. The quantitative estimate of drug-likeness (QED) is 0.569. The van der Waals surface area contributed by atoms with Crippen LogP contribution in [0.25, 0.3) is 0 Å². The van der Waals surface area contributed by atoms with Gasteiger partial charge in [-0.2, -0.15) is 0 Å². The minimum Gasteiger partial charge on any atom is -0.490 e. The number of benzene rings is 2. The minimum atomic E-state index is -0.845. The Balaban J connectivity index is 1.55. The third-order valence-corrected chi connectivity index (χ3v) is 3.60. The maximum Gasteiger partial charge on any atom is 0.347 e. The van der Waals surface area contributed by atoms with Crippen LogP contribution in [-0.2, 0) is 14.3 Å². The molecule has 1 aliphatic heterocycles. The summed E-state index contributed by atoms with van der Waals surface area (Å²) in [6.07, 6.45) is -0.472. The van der Waals surface area contributed by atoms with Crippen LogP contribution in [0.2, 0.25) is 0 Å². The Hall–Kier alpha value is -3.02. The van der Waals surface area contributed by atoms with Gasteiger partial charge in [-0.3, -0.25) is 0 Å². The van der Waals surface area contributed by atoms with E-state index in [1.807, 2.05) is 30.3 Å². The minimum absolute atomic E-state index is 0.266. The van der Waals surface area contributed by atoms with Crippen molar-refractivity contribution < 1.29 is 28.5 Å². The van der Waals surface area contributed by atoms with Crippen LogP contribution in [0.15, 0.2) is 54.6 Å². The number of carbonyl (C=O) groups is 2. The van der Waals surface area contributed by atoms with Crippen molar-refractivity contribution in [2.45, 2.75) is 12.5 Å². The second-order valence-electron chi connectivity index (χ2n) is 5.36. The van der Waals surface area contributed by atoms with Crippen molar-refractivity contribution in [1.29, 1.82) is 0 Å². The van der Waals surface area contributed by atoms with E-state index in [4.69, 9.17) is 18.9 Å². The molecule has 1 heterocycles. The molecule has 1 fully saturated rings. The Morgan fingerprint density at radius 2 is 1.72 bits per heavy atom. The molecule has 1 saturated heterocycles. The van der Waals surface area contributed by atoms with Gasteiger partial charge < -0.3 is 18.9 Å². The number of esters is 2. The fourth-order valence-electron chi connectivity index (χ4n) is 2.37. The summed E-state index contributed by atoms with van der Waals surface area (Å²) in [6.45, 7) is 0.874. The van der Waals surface area contributed by atoms with Crippen LogP contribution in [0.3, 0.4) is 0 Å². The van der Waals surface area contributed by atoms with Crippen LogP contribution < -0.4 is 9.47 Å². The highest BCUT2D eigenvalue weighted by molar-refractivity contribution is 5.94. The van der Waals surface area contributed by atoms with E-state index in [9.17, 15) is 9.59 Å². The molecule has 0 unspecified atom stereocenters. The molecule has 0 radical (unpaired) electrons. The molecule has 0 bridgehead atoms. The van der Waals surface area contributed by atoms with Crippen molar-refractivity contribution in [3.05, 3.63) is 60.2 Å². The van der Waals surface area contributed by atoms with Gasteiger partial charge in [-0.05, 0) is 24.3 Å². The zero-order chi connectivity index (χ0) is 17.5. The Bertz CT molecular complexity index is 728. The Kier molecular flexibility index (Phi) is 5.51. The lowest BCUT2D eigenvalue weighted by Crippen LogP contribution is -2.23. The smallest absolute Gasteiger partial charge is 0.347 e. The number of cyclic esters (lactones) is 1. The molecular formula is C19H18O6. The predicted molar refractivity (Wildman–Crippen MR) is 88.7 cm³/mol. The first-order valence-electron chi connectivity index (χ1n) is 8.01. The lowest BCUT2D eigenvalue weighted by Gasteiger charge is -2.13. The summed E-state index contributed by atoms with van der Waals surface area (Å²) in [7, 11) is 0. The van der Waals surface area contributed by atoms with Gasteiger partial charge in [0, 0.05) is 6.42 Å². The van der Waals surface area contributed by atoms with Crippen LogP contribution in [0.1, 0.15) is 16.8 Å². The summed E-state index contributed by atoms with van der Waals surface area (Å²) < 4.78 is 21.2. The molecule has 3 rings (SSSR count). The van der Waals surface area contributed by atoms with Gasteiger partial charge in [-0.15, -0.1) is 0 Å². The summed E-state index contributed by atoms with van der Waals surface area (Å²) in [5.74, 6) is 0.0144. The van der Waals surface area contributed by atoms with E-state index in [-0.39, 0.29) is 18.8 Å². The van der Waals surface area contributed by atoms with Gasteiger partial charge >= 0.3 is 11.9 Å². The molecule has 2 aromatic carbocycles. The second kappa shape index (κ2) is 8.19. The summed E-state index contributed by atoms with van der Waals surface area (Å²) >= 11 is 0. The Morgan fingerprint density at radius 1 is 1.00 bits per heavy atom. The Labute approximate surface area is 145 Å². The highest BCUT2D eigenvalue weighted by Crippen LogP contribution is 2.21. The molecule has 1 aliphatic rings. The van der Waals surface area contributed by atoms with E-state index >= 15 is 0 Å². The fraction of sp³-hybridized carbons (Fsp3) is 0.263. The first kappa shape index (κ1) is 16.8. The maximum atomic E-state index is 12.3. The predicted octanol–water partition coefficient (Wildman–Crippen LogP) is 2.62. The summed E-state index contributed by atoms with van der Waals surface area (Å²) in [6, 6.07) is 16.1. The number of ether oxygens (including phenoxy) is 4. The highest BCUT2D eigenvalue weighted by Gasteiger charge is 2.31. The fourth-order valence-corrected chi connectivity index (χ4v) is 2.37. The third-order valence-electron chi connectivity index (χ3n) is 3.60. The number of carbonyl (C=O) groups excluding carboxylic acids is 2. The molecular weight excluding hydrogens is 324 g/mol. The molecule has 1 atom stereocenters. The number of hydrogen-bond donors (Lipinski definition) is 0. The number of para-hydroxylation sites is 2. The van der Waals surface area contributed by atoms with E-state index in [0.717, 1.165) is 5.75 Å². The monoisotopic (exact) mass is 342 g/mol. The average molecular weight is 342 g/mol. The van der Waals surface area contributed by atoms with E-state index in [1.165, 1.54) is 0 Å². The molecule has 0 saturated carbocycles. The summed E-state index contributed by atoms with van der Waals surface area (Å²) in [5, 5.41) is 0. The molecule has 130 valence electrons. The summed E-state index contributed by atoms with van der Waals surface area (Å²) in [5.41, 5.74) is 0.266. The van der Waals surface area contributed by atoms with Gasteiger partial charge in [0.15, 0.2) is 0 Å². The largest absolute Gasteiger partial charge is 0.490 e. The standard InChI is InChI=1S/C19H18O6/c20-18(25-17-10-11-24-19(17)21)15-8-4-5-9-16(15)23-13-12-22-14-6-2-1-3-7-14/h1-9,17H,10-13H2/t17-/m0/s1. The molecule has 25 heavy (non-hydrogen) atoms. The molecule has 0 amide bonds. The highest BCUT2D eigenvalue weighted by atomic mass is 16.6. The second-order valence-corrected chi connectivity index (χ2v) is 5.36. The lowest BCUT2D eigenvalue weighted by molar-refractivity contribution is -0.145. The normalized spacial score (nSPS) is 16.2. The van der Waals surface area contributed by atoms with Gasteiger partial charge in [0.2, 0.25) is 6.10 Å². The summed E-state index contributed by atoms with van der Waals surface area (Å²) in [4.78, 5) is 23.7. The average Bonchev–Trinajstić information content (AvgIpc) is 3.04. The van der Waals surface area contributed by atoms with Crippen LogP contribution in [0, 0.1) is 0 Å². The molecule has 0 spiro atoms. The zero-order valence-electron chi connectivity index (χ0n) is 13.6. The van der Waals surface area contributed by atoms with Crippen LogP contribution >= 0.6 is 0 Å². The van der Waals surface area contributed by atoms with E-state index in [2.05, 4.69) is 0 Å². The third kappa shape index (κ3) is 4.50. The molecule has 6 heteroatoms. The van der Waals surface area contributed by atoms with Crippen molar-refractivity contribution >= 4 is 11.9 Å². The van der Waals surface area contributed by atoms with Crippen molar-refractivity contribution in [3.63, 3.8) is 0 Å². The van der Waals surface area contributed by atoms with Gasteiger partial charge in [-0.1, -0.05) is 30.3 Å². The molecule has 0 aromatic heterocycles. The Morgan fingerprint density at radius 3 is 2.48 bits per heavy atom. The van der Waals surface area contributed by atoms with Crippen LogP contribution in [0.4, 0.5) is 0 Å². The van der Waals surface area contributed by atoms with Crippen LogP contribution in [0.5, 0.6) is 11.5 Å². The van der Waals surface area contributed by atoms with Gasteiger partial charge in [0.05, 0.1) is 6.61 Å². The van der Waals surface area contributed by atoms with Crippen LogP contribution in [-0.4, -0.2) is 37.9 Å². The first-order chi connectivity index (χ1) is 12.2. The number of hydrogen-bond acceptors (Lipinski definition) is 6. The van der Waals surface area contributed by atoms with Crippen molar-refractivity contribution in [1.82, 2.24) is 0 Å². The van der Waals surface area contributed by atoms with Gasteiger partial charge in [0.25, 0.3) is 0 Å².